The molecule has 4 aromatic carbocycles. The second-order valence-electron chi connectivity index (χ2n) is 9.89. The van der Waals surface area contributed by atoms with Crippen LogP contribution in [-0.2, 0) is 28.6 Å². The van der Waals surface area contributed by atoms with Crippen LogP contribution in [0, 0.1) is 13.8 Å². The van der Waals surface area contributed by atoms with Gasteiger partial charge in [0.15, 0.2) is 0 Å². The van der Waals surface area contributed by atoms with Crippen LogP contribution in [0.3, 0.4) is 0 Å². The number of fused-ring (bicyclic) bond motifs is 2. The van der Waals surface area contributed by atoms with Crippen LogP contribution in [0.1, 0.15) is 22.3 Å². The molecule has 4 aromatic rings. The maximum absolute atomic E-state index is 12.4. The van der Waals surface area contributed by atoms with Gasteiger partial charge >= 0.3 is 59.1 Å². The number of hydrogen-bond donors (Lipinski definition) is 2. The van der Waals surface area contributed by atoms with E-state index in [9.17, 15) is 25.9 Å². The summed E-state index contributed by atoms with van der Waals surface area (Å²) in [5, 5.41) is 14.2. The second kappa shape index (κ2) is 13.0. The summed E-state index contributed by atoms with van der Waals surface area (Å²) in [6, 6.07) is 23.0. The number of nitrogens with one attached hydrogen (secondary N) is 2. The first kappa shape index (κ1) is 35.5. The molecule has 2 N–H and O–H groups in total. The number of nitrogens with zero attached hydrogens (tertiary/aromatic N) is 2. The quantitative estimate of drug-likeness (QED) is 0.166. The normalized spacial score (nSPS) is 20.5. The van der Waals surface area contributed by atoms with Crippen molar-refractivity contribution in [2.75, 3.05) is 10.6 Å². The molecular formula is C28H22N4Na2O6S4. The number of thioether (sulfide) groups is 2. The number of azo groups is 1. The zero-order valence-electron chi connectivity index (χ0n) is 24.1. The molecule has 0 aromatic heterocycles. The van der Waals surface area contributed by atoms with Gasteiger partial charge in [-0.15, -0.1) is 0 Å². The fraction of sp³-hybridized carbons (Fsp3) is 0.143. The third kappa shape index (κ3) is 6.42. The third-order valence-electron chi connectivity index (χ3n) is 6.86. The molecule has 0 amide bonds. The van der Waals surface area contributed by atoms with Crippen molar-refractivity contribution >= 4 is 66.5 Å². The fourth-order valence-corrected chi connectivity index (χ4v) is 9.81. The minimum atomic E-state index is -4.84. The van der Waals surface area contributed by atoms with E-state index in [1.54, 1.807) is 36.4 Å². The number of rotatable bonds is 6. The molecule has 0 radical (unpaired) electrons. The van der Waals surface area contributed by atoms with Gasteiger partial charge in [0.05, 0.1) is 22.7 Å². The molecule has 2 aliphatic rings. The summed E-state index contributed by atoms with van der Waals surface area (Å²) >= 11 is 1.89. The van der Waals surface area contributed by atoms with E-state index in [0.29, 0.717) is 32.5 Å². The van der Waals surface area contributed by atoms with Gasteiger partial charge in [0.25, 0.3) is 0 Å². The minimum absolute atomic E-state index is 0. The molecule has 216 valence electrons. The van der Waals surface area contributed by atoms with Crippen molar-refractivity contribution in [1.82, 2.24) is 0 Å². The van der Waals surface area contributed by atoms with Crippen LogP contribution in [0.15, 0.2) is 105 Å². The molecule has 2 aliphatic heterocycles. The second-order valence-corrected chi connectivity index (χ2v) is 16.0. The van der Waals surface area contributed by atoms with E-state index in [1.807, 2.05) is 38.1 Å². The summed E-state index contributed by atoms with van der Waals surface area (Å²) in [4.78, 5) is 1.33. The molecule has 0 bridgehead atoms. The largest absolute Gasteiger partial charge is 1.00 e. The van der Waals surface area contributed by atoms with Crippen molar-refractivity contribution in [2.45, 2.75) is 32.0 Å². The zero-order valence-corrected chi connectivity index (χ0v) is 31.3. The van der Waals surface area contributed by atoms with Gasteiger partial charge in [-0.2, -0.15) is 10.2 Å². The molecule has 0 saturated carbocycles. The predicted octanol–water partition coefficient (Wildman–Crippen LogP) is 0.473. The van der Waals surface area contributed by atoms with Crippen molar-refractivity contribution in [3.05, 3.63) is 107 Å². The van der Waals surface area contributed by atoms with Crippen LogP contribution in [0.5, 0.6) is 0 Å². The molecule has 2 atom stereocenters. The first-order valence-corrected chi connectivity index (χ1v) is 16.9. The van der Waals surface area contributed by atoms with E-state index in [-0.39, 0.29) is 70.2 Å². The molecule has 44 heavy (non-hydrogen) atoms. The molecule has 10 nitrogen and oxygen atoms in total. The first-order chi connectivity index (χ1) is 19.8. The van der Waals surface area contributed by atoms with E-state index >= 15 is 0 Å². The summed E-state index contributed by atoms with van der Waals surface area (Å²) < 4.78 is 70.8. The summed E-state index contributed by atoms with van der Waals surface area (Å²) in [5.41, 5.74) is 4.31. The monoisotopic (exact) mass is 684 g/mol. The van der Waals surface area contributed by atoms with Gasteiger partial charge in [-0.05, 0) is 73.5 Å². The average Bonchev–Trinajstić information content (AvgIpc) is 3.52. The molecule has 0 aliphatic carbocycles. The van der Waals surface area contributed by atoms with Gasteiger partial charge in [0.2, 0.25) is 8.41 Å². The Bertz CT molecular complexity index is 1840. The Labute approximate surface area is 308 Å². The first-order valence-electron chi connectivity index (χ1n) is 12.5. The van der Waals surface area contributed by atoms with Crippen molar-refractivity contribution in [3.63, 3.8) is 0 Å². The topological polar surface area (TPSA) is 163 Å². The molecule has 6 rings (SSSR count). The van der Waals surface area contributed by atoms with Gasteiger partial charge in [-0.25, -0.2) is 16.8 Å². The van der Waals surface area contributed by atoms with Crippen LogP contribution >= 0.6 is 23.5 Å². The molecule has 2 unspecified atom stereocenters. The van der Waals surface area contributed by atoms with Gasteiger partial charge in [0.1, 0.15) is 20.2 Å². The van der Waals surface area contributed by atoms with Crippen molar-refractivity contribution in [3.8, 4) is 0 Å². The number of anilines is 2. The van der Waals surface area contributed by atoms with Crippen molar-refractivity contribution < 1.29 is 85.1 Å². The van der Waals surface area contributed by atoms with E-state index in [1.165, 1.54) is 24.3 Å². The van der Waals surface area contributed by atoms with Crippen molar-refractivity contribution in [1.29, 1.82) is 0 Å². The number of hydrogen-bond acceptors (Lipinski definition) is 12. The van der Waals surface area contributed by atoms with Crippen LogP contribution in [0.4, 0.5) is 22.7 Å². The Balaban J connectivity index is 0.00000221. The Morgan fingerprint density at radius 3 is 1.25 bits per heavy atom. The van der Waals surface area contributed by atoms with Crippen LogP contribution in [-0.4, -0.2) is 25.9 Å². The van der Waals surface area contributed by atoms with Crippen LogP contribution < -0.4 is 69.7 Å². The molecule has 16 heteroatoms. The van der Waals surface area contributed by atoms with E-state index in [2.05, 4.69) is 20.9 Å². The third-order valence-corrected chi connectivity index (χ3v) is 13.0. The molecule has 0 fully saturated rings. The molecular weight excluding hydrogens is 663 g/mol. The van der Waals surface area contributed by atoms with Gasteiger partial charge in [-0.1, -0.05) is 59.9 Å². The van der Waals surface area contributed by atoms with Crippen LogP contribution in [0.25, 0.3) is 0 Å². The molecule has 0 spiro atoms. The van der Waals surface area contributed by atoms with E-state index in [4.69, 9.17) is 0 Å². The zero-order chi connectivity index (χ0) is 29.9. The Hall–Kier alpha value is -1.40. The summed E-state index contributed by atoms with van der Waals surface area (Å²) in [6.07, 6.45) is 0. The number of aryl methyl sites for hydroxylation is 2. The number of benzene rings is 4. The van der Waals surface area contributed by atoms with Crippen molar-refractivity contribution in [2.24, 2.45) is 10.2 Å². The van der Waals surface area contributed by atoms with Gasteiger partial charge in [-0.3, -0.25) is 0 Å². The SMILES string of the molecule is Cc1ccc2c(c1)SC(c1ccc(N=Nc3ccc(C4(S(=O)(=O)[O-])Nc5ccc(C)cc5S4)cc3)cc1)(S(=O)(=O)[O-])N2.[Na+].[Na+]. The Morgan fingerprint density at radius 1 is 0.591 bits per heavy atom. The Kier molecular flexibility index (Phi) is 10.5. The smallest absolute Gasteiger partial charge is 0.745 e. The predicted molar refractivity (Wildman–Crippen MR) is 161 cm³/mol. The maximum Gasteiger partial charge on any atom is 1.00 e. The summed E-state index contributed by atoms with van der Waals surface area (Å²) in [5.74, 6) is 0. The van der Waals surface area contributed by atoms with E-state index < -0.39 is 28.6 Å². The molecule has 0 saturated heterocycles. The summed E-state index contributed by atoms with van der Waals surface area (Å²) in [7, 11) is -9.67. The Morgan fingerprint density at radius 2 is 0.932 bits per heavy atom. The van der Waals surface area contributed by atoms with Gasteiger partial charge < -0.3 is 19.7 Å². The van der Waals surface area contributed by atoms with Gasteiger partial charge in [0, 0.05) is 20.9 Å². The fourth-order valence-electron chi connectivity index (χ4n) is 4.74. The average molecular weight is 685 g/mol. The van der Waals surface area contributed by atoms with E-state index in [0.717, 1.165) is 34.7 Å². The molecule has 2 heterocycles. The van der Waals surface area contributed by atoms with Crippen LogP contribution in [0.2, 0.25) is 0 Å². The standard InChI is InChI=1S/C28H24N4O6S4.2Na/c1-17-3-13-23-25(15-17)39-27(29-23,41(33,34)35)19-5-9-21(10-6-19)31-32-22-11-7-20(8-12-22)28(42(36,37)38)30-24-14-4-18(2)16-26(24)40-28;;/h3-16,29-30H,1-2H3,(H,33,34,35)(H,36,37,38);;/q;2*+1/p-2. The summed E-state index contributed by atoms with van der Waals surface area (Å²) in [6.45, 7) is 3.77. The maximum atomic E-state index is 12.4. The minimum Gasteiger partial charge on any atom is -0.745 e.